The van der Waals surface area contributed by atoms with Gasteiger partial charge < -0.3 is 16.2 Å². The van der Waals surface area contributed by atoms with Gasteiger partial charge >= 0.3 is 5.97 Å². The van der Waals surface area contributed by atoms with Crippen molar-refractivity contribution in [1.82, 2.24) is 0 Å². The highest BCUT2D eigenvalue weighted by molar-refractivity contribution is 5.94. The zero-order valence-electron chi connectivity index (χ0n) is 11.5. The van der Waals surface area contributed by atoms with Crippen LogP contribution in [0.2, 0.25) is 0 Å². The summed E-state index contributed by atoms with van der Waals surface area (Å²) < 4.78 is 0. The van der Waals surface area contributed by atoms with E-state index in [-0.39, 0.29) is 5.56 Å². The Labute approximate surface area is 114 Å². The maximum Gasteiger partial charge on any atom is 0.337 e. The van der Waals surface area contributed by atoms with Crippen molar-refractivity contribution in [2.45, 2.75) is 39.2 Å². The number of hydrogen-bond acceptors (Lipinski definition) is 3. The number of rotatable bonds is 3. The zero-order chi connectivity index (χ0) is 14.0. The molecule has 0 saturated heterocycles. The van der Waals surface area contributed by atoms with Crippen molar-refractivity contribution in [3.63, 3.8) is 0 Å². The third kappa shape index (κ3) is 3.19. The molecule has 4 nitrogen and oxygen atoms in total. The third-order valence-corrected chi connectivity index (χ3v) is 4.25. The first-order valence-corrected chi connectivity index (χ1v) is 6.86. The zero-order valence-corrected chi connectivity index (χ0v) is 11.5. The molecule has 1 aliphatic rings. The first-order chi connectivity index (χ1) is 8.97. The number of carboxylic acid groups (broad SMARTS) is 1. The maximum atomic E-state index is 10.9. The van der Waals surface area contributed by atoms with Crippen molar-refractivity contribution in [2.75, 3.05) is 11.1 Å². The molecule has 0 heterocycles. The van der Waals surface area contributed by atoms with Crippen LogP contribution in [0.1, 0.15) is 43.5 Å². The van der Waals surface area contributed by atoms with E-state index in [1.165, 1.54) is 6.42 Å². The summed E-state index contributed by atoms with van der Waals surface area (Å²) in [4.78, 5) is 10.9. The van der Waals surface area contributed by atoms with E-state index in [4.69, 9.17) is 10.8 Å². The molecule has 0 amide bonds. The molecule has 1 aliphatic carbocycles. The fourth-order valence-corrected chi connectivity index (χ4v) is 2.76. The topological polar surface area (TPSA) is 75.3 Å². The lowest BCUT2D eigenvalue weighted by Crippen LogP contribution is -2.30. The normalized spacial score (nSPS) is 26.9. The number of hydrogen-bond donors (Lipinski definition) is 3. The summed E-state index contributed by atoms with van der Waals surface area (Å²) in [7, 11) is 0. The minimum atomic E-state index is -0.982. The van der Waals surface area contributed by atoms with E-state index in [0.29, 0.717) is 11.7 Å². The standard InChI is InChI=1S/C15H22N2O2/c1-9-3-4-11(7-10(9)2)17-12-5-6-13(15(18)19)14(16)8-12/h5-6,8-11,17H,3-4,7,16H2,1-2H3,(H,18,19). The molecule has 0 bridgehead atoms. The number of nitrogen functional groups attached to an aromatic ring is 1. The highest BCUT2D eigenvalue weighted by Gasteiger charge is 2.24. The first kappa shape index (κ1) is 13.7. The van der Waals surface area contributed by atoms with Crippen LogP contribution in [0.4, 0.5) is 11.4 Å². The SMILES string of the molecule is CC1CCC(Nc2ccc(C(=O)O)c(N)c2)CC1C. The Morgan fingerprint density at radius 2 is 2.05 bits per heavy atom. The molecule has 0 spiro atoms. The Bertz CT molecular complexity index is 473. The van der Waals surface area contributed by atoms with Gasteiger partial charge in [-0.3, -0.25) is 0 Å². The second kappa shape index (κ2) is 5.51. The molecule has 3 unspecified atom stereocenters. The summed E-state index contributed by atoms with van der Waals surface area (Å²) in [5.41, 5.74) is 7.14. The van der Waals surface area contributed by atoms with Crippen molar-refractivity contribution >= 4 is 17.3 Å². The van der Waals surface area contributed by atoms with Crippen LogP contribution in [-0.2, 0) is 0 Å². The van der Waals surface area contributed by atoms with Gasteiger partial charge in [0.25, 0.3) is 0 Å². The summed E-state index contributed by atoms with van der Waals surface area (Å²) >= 11 is 0. The van der Waals surface area contributed by atoms with Crippen LogP contribution in [0.3, 0.4) is 0 Å². The van der Waals surface area contributed by atoms with Crippen molar-refractivity contribution in [2.24, 2.45) is 11.8 Å². The quantitative estimate of drug-likeness (QED) is 0.731. The molecule has 104 valence electrons. The number of nitrogens with one attached hydrogen (secondary N) is 1. The van der Waals surface area contributed by atoms with Crippen LogP contribution in [0.25, 0.3) is 0 Å². The monoisotopic (exact) mass is 262 g/mol. The molecule has 4 N–H and O–H groups in total. The van der Waals surface area contributed by atoms with Gasteiger partial charge in [-0.25, -0.2) is 4.79 Å². The molecule has 0 radical (unpaired) electrons. The molecule has 4 heteroatoms. The van der Waals surface area contributed by atoms with E-state index in [9.17, 15) is 4.79 Å². The Balaban J connectivity index is 2.04. The van der Waals surface area contributed by atoms with E-state index in [0.717, 1.165) is 30.4 Å². The highest BCUT2D eigenvalue weighted by atomic mass is 16.4. The molecule has 19 heavy (non-hydrogen) atoms. The molecule has 1 fully saturated rings. The Morgan fingerprint density at radius 3 is 2.63 bits per heavy atom. The second-order valence-corrected chi connectivity index (χ2v) is 5.72. The largest absolute Gasteiger partial charge is 0.478 e. The lowest BCUT2D eigenvalue weighted by atomic mass is 9.79. The van der Waals surface area contributed by atoms with Crippen molar-refractivity contribution < 1.29 is 9.90 Å². The van der Waals surface area contributed by atoms with Crippen LogP contribution in [0, 0.1) is 11.8 Å². The predicted octanol–water partition coefficient (Wildman–Crippen LogP) is 3.20. The number of nitrogens with two attached hydrogens (primary N) is 1. The lowest BCUT2D eigenvalue weighted by Gasteiger charge is -2.33. The number of carboxylic acids is 1. The fourth-order valence-electron chi connectivity index (χ4n) is 2.76. The first-order valence-electron chi connectivity index (χ1n) is 6.86. The van der Waals surface area contributed by atoms with Crippen LogP contribution < -0.4 is 11.1 Å². The maximum absolute atomic E-state index is 10.9. The summed E-state index contributed by atoms with van der Waals surface area (Å²) in [6, 6.07) is 5.53. The van der Waals surface area contributed by atoms with E-state index in [2.05, 4.69) is 19.2 Å². The van der Waals surface area contributed by atoms with Gasteiger partial charge in [0.2, 0.25) is 0 Å². The Kier molecular flexibility index (Phi) is 3.98. The minimum Gasteiger partial charge on any atom is -0.478 e. The van der Waals surface area contributed by atoms with E-state index < -0.39 is 5.97 Å². The van der Waals surface area contributed by atoms with Crippen molar-refractivity contribution in [3.8, 4) is 0 Å². The van der Waals surface area contributed by atoms with Crippen LogP contribution in [0.5, 0.6) is 0 Å². The lowest BCUT2D eigenvalue weighted by molar-refractivity contribution is 0.0698. The molecular weight excluding hydrogens is 240 g/mol. The molecule has 0 aromatic heterocycles. The van der Waals surface area contributed by atoms with Crippen LogP contribution in [-0.4, -0.2) is 17.1 Å². The van der Waals surface area contributed by atoms with E-state index in [1.54, 1.807) is 18.2 Å². The molecule has 1 aromatic rings. The number of benzene rings is 1. The van der Waals surface area contributed by atoms with Gasteiger partial charge in [0.15, 0.2) is 0 Å². The molecule has 3 atom stereocenters. The van der Waals surface area contributed by atoms with Gasteiger partial charge in [-0.2, -0.15) is 0 Å². The van der Waals surface area contributed by atoms with Crippen molar-refractivity contribution in [3.05, 3.63) is 23.8 Å². The molecule has 2 rings (SSSR count). The molecule has 1 saturated carbocycles. The van der Waals surface area contributed by atoms with Gasteiger partial charge in [-0.05, 0) is 49.3 Å². The third-order valence-electron chi connectivity index (χ3n) is 4.25. The average molecular weight is 262 g/mol. The van der Waals surface area contributed by atoms with Gasteiger partial charge in [0.1, 0.15) is 0 Å². The summed E-state index contributed by atoms with van der Waals surface area (Å²) in [5.74, 6) is 0.531. The number of anilines is 2. The van der Waals surface area contributed by atoms with E-state index >= 15 is 0 Å². The second-order valence-electron chi connectivity index (χ2n) is 5.72. The smallest absolute Gasteiger partial charge is 0.337 e. The predicted molar refractivity (Wildman–Crippen MR) is 77.4 cm³/mol. The van der Waals surface area contributed by atoms with Crippen LogP contribution in [0.15, 0.2) is 18.2 Å². The number of carbonyl (C=O) groups is 1. The summed E-state index contributed by atoms with van der Waals surface area (Å²) in [5, 5.41) is 12.4. The van der Waals surface area contributed by atoms with Gasteiger partial charge in [0, 0.05) is 17.4 Å². The molecule has 1 aromatic carbocycles. The average Bonchev–Trinajstić information content (AvgIpc) is 2.33. The van der Waals surface area contributed by atoms with Gasteiger partial charge in [-0.15, -0.1) is 0 Å². The summed E-state index contributed by atoms with van der Waals surface area (Å²) in [6.07, 6.45) is 3.55. The van der Waals surface area contributed by atoms with Gasteiger partial charge in [-0.1, -0.05) is 13.8 Å². The Morgan fingerprint density at radius 1 is 1.32 bits per heavy atom. The molecule has 0 aliphatic heterocycles. The van der Waals surface area contributed by atoms with Crippen LogP contribution >= 0.6 is 0 Å². The highest BCUT2D eigenvalue weighted by Crippen LogP contribution is 2.31. The van der Waals surface area contributed by atoms with Gasteiger partial charge in [0.05, 0.1) is 5.56 Å². The molecular formula is C15H22N2O2. The minimum absolute atomic E-state index is 0.163. The van der Waals surface area contributed by atoms with Crippen molar-refractivity contribution in [1.29, 1.82) is 0 Å². The Hall–Kier alpha value is -1.71. The number of aromatic carboxylic acids is 1. The summed E-state index contributed by atoms with van der Waals surface area (Å²) in [6.45, 7) is 4.60. The van der Waals surface area contributed by atoms with E-state index in [1.807, 2.05) is 0 Å². The fraction of sp³-hybridized carbons (Fsp3) is 0.533.